The monoisotopic (exact) mass is 297 g/mol. The molecule has 1 fully saturated rings. The number of amides is 1. The molecule has 21 heavy (non-hydrogen) atoms. The summed E-state index contributed by atoms with van der Waals surface area (Å²) < 4.78 is 0. The zero-order valence-electron chi connectivity index (χ0n) is 14.6. The minimum Gasteiger partial charge on any atom is -0.354 e. The number of hydrogen-bond acceptors (Lipinski definition) is 3. The van der Waals surface area contributed by atoms with E-state index in [1.165, 1.54) is 19.3 Å². The van der Waals surface area contributed by atoms with E-state index in [0.29, 0.717) is 12.5 Å². The highest BCUT2D eigenvalue weighted by atomic mass is 16.1. The molecule has 0 saturated heterocycles. The topological polar surface area (TPSA) is 58.4 Å². The van der Waals surface area contributed by atoms with E-state index in [0.717, 1.165) is 25.3 Å². The summed E-state index contributed by atoms with van der Waals surface area (Å²) in [6, 6.07) is 0. The first kappa shape index (κ1) is 18.4. The van der Waals surface area contributed by atoms with Crippen LogP contribution in [0.4, 0.5) is 0 Å². The van der Waals surface area contributed by atoms with Crippen LogP contribution in [0.15, 0.2) is 0 Å². The van der Waals surface area contributed by atoms with E-state index < -0.39 is 0 Å². The number of carbonyl (C=O) groups excluding carboxylic acids is 1. The molecular formula is C17H35N3O. The number of nitrogens with zero attached hydrogens (tertiary/aromatic N) is 1. The first-order chi connectivity index (χ1) is 9.80. The molecule has 0 heterocycles. The van der Waals surface area contributed by atoms with Crippen LogP contribution in [0.2, 0.25) is 0 Å². The van der Waals surface area contributed by atoms with Crippen LogP contribution in [-0.2, 0) is 4.79 Å². The van der Waals surface area contributed by atoms with Crippen LogP contribution in [0.5, 0.6) is 0 Å². The van der Waals surface area contributed by atoms with Crippen molar-refractivity contribution < 1.29 is 4.79 Å². The van der Waals surface area contributed by atoms with Crippen LogP contribution >= 0.6 is 0 Å². The lowest BCUT2D eigenvalue weighted by atomic mass is 9.75. The predicted octanol–water partition coefficient (Wildman–Crippen LogP) is 2.23. The van der Waals surface area contributed by atoms with Gasteiger partial charge in [0.05, 0.1) is 5.92 Å². The molecule has 0 aromatic rings. The summed E-state index contributed by atoms with van der Waals surface area (Å²) in [5.41, 5.74) is 5.89. The Morgan fingerprint density at radius 2 is 2.10 bits per heavy atom. The van der Waals surface area contributed by atoms with Crippen LogP contribution in [0.1, 0.15) is 52.9 Å². The van der Waals surface area contributed by atoms with Crippen molar-refractivity contribution >= 4 is 5.91 Å². The highest BCUT2D eigenvalue weighted by Crippen LogP contribution is 2.35. The van der Waals surface area contributed by atoms with Crippen LogP contribution in [0.25, 0.3) is 0 Å². The molecule has 4 heteroatoms. The second kappa shape index (κ2) is 8.14. The Bertz CT molecular complexity index is 330. The molecule has 1 rings (SSSR count). The van der Waals surface area contributed by atoms with E-state index >= 15 is 0 Å². The summed E-state index contributed by atoms with van der Waals surface area (Å²) >= 11 is 0. The number of nitrogens with two attached hydrogens (primary N) is 1. The predicted molar refractivity (Wildman–Crippen MR) is 89.1 cm³/mol. The van der Waals surface area contributed by atoms with Crippen LogP contribution in [0.3, 0.4) is 0 Å². The Balaban J connectivity index is 2.62. The van der Waals surface area contributed by atoms with Crippen LogP contribution in [0, 0.1) is 17.8 Å². The standard InChI is InChI=1S/C17H35N3O/c1-13(2)9-15(11-18)16(21)19-12-17(20(4)5)8-6-7-14(3)10-17/h13-15H,6-12,18H2,1-5H3,(H,19,21). The van der Waals surface area contributed by atoms with Gasteiger partial charge in [-0.05, 0) is 45.2 Å². The van der Waals surface area contributed by atoms with Gasteiger partial charge in [-0.15, -0.1) is 0 Å². The summed E-state index contributed by atoms with van der Waals surface area (Å²) in [5.74, 6) is 1.32. The second-order valence-electron chi connectivity index (χ2n) is 7.60. The van der Waals surface area contributed by atoms with Crippen LogP contribution in [-0.4, -0.2) is 43.5 Å². The number of likely N-dealkylation sites (N-methyl/N-ethyl adjacent to an activating group) is 1. The number of rotatable bonds is 7. The van der Waals surface area contributed by atoms with Gasteiger partial charge < -0.3 is 16.0 Å². The molecule has 1 saturated carbocycles. The molecule has 0 aromatic heterocycles. The van der Waals surface area contributed by atoms with Crippen LogP contribution < -0.4 is 11.1 Å². The van der Waals surface area contributed by atoms with Crippen molar-refractivity contribution in [2.45, 2.75) is 58.4 Å². The fourth-order valence-corrected chi connectivity index (χ4v) is 3.63. The van der Waals surface area contributed by atoms with Gasteiger partial charge in [-0.25, -0.2) is 0 Å². The van der Waals surface area contributed by atoms with Crippen molar-refractivity contribution in [1.82, 2.24) is 10.2 Å². The Labute approximate surface area is 130 Å². The summed E-state index contributed by atoms with van der Waals surface area (Å²) in [4.78, 5) is 14.7. The van der Waals surface area contributed by atoms with E-state index in [4.69, 9.17) is 5.73 Å². The maximum atomic E-state index is 12.4. The van der Waals surface area contributed by atoms with Crippen molar-refractivity contribution in [2.24, 2.45) is 23.5 Å². The zero-order chi connectivity index (χ0) is 16.0. The highest BCUT2D eigenvalue weighted by molar-refractivity contribution is 5.79. The lowest BCUT2D eigenvalue weighted by Gasteiger charge is -2.45. The Morgan fingerprint density at radius 1 is 1.43 bits per heavy atom. The van der Waals surface area contributed by atoms with Gasteiger partial charge in [0.15, 0.2) is 0 Å². The third-order valence-electron chi connectivity index (χ3n) is 5.02. The minimum absolute atomic E-state index is 0.0507. The Morgan fingerprint density at radius 3 is 2.57 bits per heavy atom. The van der Waals surface area contributed by atoms with E-state index in [9.17, 15) is 4.79 Å². The van der Waals surface area contributed by atoms with Gasteiger partial charge in [0.1, 0.15) is 0 Å². The molecule has 0 spiro atoms. The summed E-state index contributed by atoms with van der Waals surface area (Å²) in [7, 11) is 4.28. The molecule has 4 nitrogen and oxygen atoms in total. The lowest BCUT2D eigenvalue weighted by Crippen LogP contribution is -2.56. The first-order valence-corrected chi connectivity index (χ1v) is 8.46. The van der Waals surface area contributed by atoms with E-state index in [1.54, 1.807) is 0 Å². The SMILES string of the molecule is CC(C)CC(CN)C(=O)NCC1(N(C)C)CCCC(C)C1. The van der Waals surface area contributed by atoms with Gasteiger partial charge in [0, 0.05) is 18.6 Å². The molecule has 3 unspecified atom stereocenters. The number of carbonyl (C=O) groups is 1. The summed E-state index contributed by atoms with van der Waals surface area (Å²) in [6.07, 6.45) is 5.76. The Kier molecular flexibility index (Phi) is 7.14. The van der Waals surface area contributed by atoms with Crippen molar-refractivity contribution in [3.63, 3.8) is 0 Å². The fourth-order valence-electron chi connectivity index (χ4n) is 3.63. The van der Waals surface area contributed by atoms with Gasteiger partial charge in [0.25, 0.3) is 0 Å². The molecule has 1 aliphatic rings. The maximum absolute atomic E-state index is 12.4. The lowest BCUT2D eigenvalue weighted by molar-refractivity contribution is -0.126. The van der Waals surface area contributed by atoms with E-state index in [-0.39, 0.29) is 17.4 Å². The smallest absolute Gasteiger partial charge is 0.224 e. The third-order valence-corrected chi connectivity index (χ3v) is 5.02. The van der Waals surface area contributed by atoms with Gasteiger partial charge in [-0.1, -0.05) is 33.6 Å². The molecule has 1 aliphatic carbocycles. The third kappa shape index (κ3) is 5.26. The van der Waals surface area contributed by atoms with Crippen molar-refractivity contribution in [1.29, 1.82) is 0 Å². The van der Waals surface area contributed by atoms with E-state index in [2.05, 4.69) is 45.1 Å². The van der Waals surface area contributed by atoms with Crippen molar-refractivity contribution in [3.05, 3.63) is 0 Å². The minimum atomic E-state index is -0.0507. The molecule has 1 amide bonds. The zero-order valence-corrected chi connectivity index (χ0v) is 14.6. The number of nitrogens with one attached hydrogen (secondary N) is 1. The summed E-state index contributed by atoms with van der Waals surface area (Å²) in [6.45, 7) is 7.79. The molecule has 0 radical (unpaired) electrons. The van der Waals surface area contributed by atoms with Gasteiger partial charge in [-0.2, -0.15) is 0 Å². The first-order valence-electron chi connectivity index (χ1n) is 8.46. The molecule has 0 bridgehead atoms. The fraction of sp³-hybridized carbons (Fsp3) is 0.941. The van der Waals surface area contributed by atoms with Crippen molar-refractivity contribution in [2.75, 3.05) is 27.2 Å². The van der Waals surface area contributed by atoms with Gasteiger partial charge >= 0.3 is 0 Å². The number of hydrogen-bond donors (Lipinski definition) is 2. The molecule has 3 atom stereocenters. The molecule has 3 N–H and O–H groups in total. The highest BCUT2D eigenvalue weighted by Gasteiger charge is 2.37. The molecule has 0 aromatic carbocycles. The molecule has 124 valence electrons. The summed E-state index contributed by atoms with van der Waals surface area (Å²) in [5, 5.41) is 3.19. The normalized spacial score (nSPS) is 27.9. The molecular weight excluding hydrogens is 262 g/mol. The average molecular weight is 297 g/mol. The maximum Gasteiger partial charge on any atom is 0.224 e. The van der Waals surface area contributed by atoms with Crippen molar-refractivity contribution in [3.8, 4) is 0 Å². The van der Waals surface area contributed by atoms with Gasteiger partial charge in [-0.3, -0.25) is 4.79 Å². The van der Waals surface area contributed by atoms with Gasteiger partial charge in [0.2, 0.25) is 5.91 Å². The molecule has 0 aliphatic heterocycles. The Hall–Kier alpha value is -0.610. The largest absolute Gasteiger partial charge is 0.354 e. The average Bonchev–Trinajstić information content (AvgIpc) is 2.41. The van der Waals surface area contributed by atoms with E-state index in [1.807, 2.05) is 0 Å². The second-order valence-corrected chi connectivity index (χ2v) is 7.60. The quantitative estimate of drug-likeness (QED) is 0.757.